The molecule has 0 saturated carbocycles. The first-order chi connectivity index (χ1) is 5.36. The lowest BCUT2D eigenvalue weighted by Gasteiger charge is -2.17. The van der Waals surface area contributed by atoms with Crippen molar-refractivity contribution in [3.8, 4) is 0 Å². The molecule has 1 aromatic carbocycles. The van der Waals surface area contributed by atoms with Crippen molar-refractivity contribution in [3.63, 3.8) is 0 Å². The molecule has 0 unspecified atom stereocenters. The molecule has 5 nitrogen and oxygen atoms in total. The van der Waals surface area contributed by atoms with E-state index in [1.807, 2.05) is 24.3 Å². The fourth-order valence-electron chi connectivity index (χ4n) is 1.12. The van der Waals surface area contributed by atoms with Crippen LogP contribution in [0.3, 0.4) is 0 Å². The van der Waals surface area contributed by atoms with Crippen LogP contribution in [0, 0.1) is 0 Å². The Labute approximate surface area is 75.4 Å². The number of benzene rings is 1. The quantitative estimate of drug-likeness (QED) is 0.562. The van der Waals surface area contributed by atoms with Crippen molar-refractivity contribution in [2.45, 2.75) is 0 Å². The minimum absolute atomic E-state index is 0. The Kier molecular flexibility index (Phi) is 3.90. The van der Waals surface area contributed by atoms with Gasteiger partial charge in [0.05, 0.1) is 17.9 Å². The summed E-state index contributed by atoms with van der Waals surface area (Å²) in [7, 11) is 0. The molecule has 6 N–H and O–H groups in total. The molecule has 1 aromatic rings. The summed E-state index contributed by atoms with van der Waals surface area (Å²) in [6, 6.07) is 7.64. The maximum atomic E-state index is 10.9. The van der Waals surface area contributed by atoms with Crippen molar-refractivity contribution >= 4 is 17.3 Å². The molecule has 1 aliphatic rings. The normalized spacial score (nSPS) is 12.5. The monoisotopic (exact) mass is 184 g/mol. The summed E-state index contributed by atoms with van der Waals surface area (Å²) in [4.78, 5) is 10.9. The topological polar surface area (TPSA) is 104 Å². The van der Waals surface area contributed by atoms with Gasteiger partial charge in [0.15, 0.2) is 0 Å². The number of carbonyl (C=O) groups excluding carboxylic acids is 1. The fraction of sp³-hybridized carbons (Fsp3) is 0.125. The second-order valence-corrected chi connectivity index (χ2v) is 2.45. The largest absolute Gasteiger partial charge is 0.412 e. The van der Waals surface area contributed by atoms with Gasteiger partial charge in [-0.15, -0.1) is 0 Å². The number of amides is 1. The zero-order chi connectivity index (χ0) is 7.68. The second kappa shape index (κ2) is 4.44. The van der Waals surface area contributed by atoms with Gasteiger partial charge in [-0.2, -0.15) is 0 Å². The lowest BCUT2D eigenvalue weighted by molar-refractivity contribution is -0.114. The van der Waals surface area contributed by atoms with Crippen molar-refractivity contribution < 1.29 is 15.7 Å². The average molecular weight is 184 g/mol. The summed E-state index contributed by atoms with van der Waals surface area (Å²) < 4.78 is 0. The molecule has 0 bridgehead atoms. The van der Waals surface area contributed by atoms with Crippen LogP contribution < -0.4 is 10.6 Å². The molecule has 0 spiro atoms. The Bertz CT molecular complexity index is 301. The van der Waals surface area contributed by atoms with Crippen molar-refractivity contribution in [2.24, 2.45) is 0 Å². The highest BCUT2D eigenvalue weighted by Crippen LogP contribution is 2.22. The number of anilines is 2. The molecular formula is C8H12N2O3. The number of hydrogen-bond donors (Lipinski definition) is 2. The third-order valence-corrected chi connectivity index (χ3v) is 1.64. The maximum absolute atomic E-state index is 10.9. The minimum Gasteiger partial charge on any atom is -0.412 e. The zero-order valence-electron chi connectivity index (χ0n) is 6.92. The van der Waals surface area contributed by atoms with Crippen LogP contribution >= 0.6 is 0 Å². The molecule has 72 valence electrons. The number of hydrogen-bond acceptors (Lipinski definition) is 2. The molecule has 0 radical (unpaired) electrons. The van der Waals surface area contributed by atoms with Gasteiger partial charge < -0.3 is 21.6 Å². The zero-order valence-corrected chi connectivity index (χ0v) is 6.92. The summed E-state index contributed by atoms with van der Waals surface area (Å²) in [6.07, 6.45) is 0. The summed E-state index contributed by atoms with van der Waals surface area (Å²) in [6.45, 7) is 0.372. The van der Waals surface area contributed by atoms with Crippen LogP contribution in [0.2, 0.25) is 0 Å². The molecule has 2 rings (SSSR count). The van der Waals surface area contributed by atoms with Gasteiger partial charge >= 0.3 is 0 Å². The predicted octanol–water partition coefficient (Wildman–Crippen LogP) is -0.599. The van der Waals surface area contributed by atoms with Crippen molar-refractivity contribution in [2.75, 3.05) is 17.2 Å². The lowest BCUT2D eigenvalue weighted by atomic mass is 10.2. The molecule has 0 fully saturated rings. The average Bonchev–Trinajstić information content (AvgIpc) is 2.04. The molecule has 13 heavy (non-hydrogen) atoms. The van der Waals surface area contributed by atoms with E-state index in [0.717, 1.165) is 11.4 Å². The van der Waals surface area contributed by atoms with Gasteiger partial charge in [0.2, 0.25) is 5.91 Å². The first-order valence-corrected chi connectivity index (χ1v) is 3.49. The van der Waals surface area contributed by atoms with Crippen LogP contribution in [0.1, 0.15) is 0 Å². The fourth-order valence-corrected chi connectivity index (χ4v) is 1.12. The van der Waals surface area contributed by atoms with Crippen LogP contribution in [0.25, 0.3) is 0 Å². The Hall–Kier alpha value is -1.59. The van der Waals surface area contributed by atoms with E-state index in [4.69, 9.17) is 0 Å². The highest BCUT2D eigenvalue weighted by Gasteiger charge is 2.11. The first kappa shape index (κ1) is 11.4. The highest BCUT2D eigenvalue weighted by molar-refractivity contribution is 6.00. The minimum atomic E-state index is 0. The summed E-state index contributed by atoms with van der Waals surface area (Å²) in [5, 5.41) is 5.76. The highest BCUT2D eigenvalue weighted by atomic mass is 16.2. The SMILES string of the molecule is O.O.O=C1CNc2ccccc2N1. The molecule has 5 heteroatoms. The van der Waals surface area contributed by atoms with Gasteiger partial charge in [0, 0.05) is 0 Å². The molecular weight excluding hydrogens is 172 g/mol. The van der Waals surface area contributed by atoms with Crippen LogP contribution in [-0.2, 0) is 4.79 Å². The molecule has 0 saturated heterocycles. The van der Waals surface area contributed by atoms with E-state index in [1.54, 1.807) is 0 Å². The lowest BCUT2D eigenvalue weighted by Crippen LogP contribution is -2.27. The molecule has 0 atom stereocenters. The van der Waals surface area contributed by atoms with Gasteiger partial charge in [0.25, 0.3) is 0 Å². The standard InChI is InChI=1S/C8H8N2O.2H2O/c11-8-5-9-6-3-1-2-4-7(6)10-8;;/h1-4,9H,5H2,(H,10,11);2*1H2. The van der Waals surface area contributed by atoms with E-state index in [9.17, 15) is 4.79 Å². The first-order valence-electron chi connectivity index (χ1n) is 3.49. The van der Waals surface area contributed by atoms with Crippen LogP contribution in [0.4, 0.5) is 11.4 Å². The van der Waals surface area contributed by atoms with Crippen molar-refractivity contribution in [1.82, 2.24) is 0 Å². The number of nitrogens with one attached hydrogen (secondary N) is 2. The Balaban J connectivity index is 0.000000720. The summed E-state index contributed by atoms with van der Waals surface area (Å²) in [5.74, 6) is 0.0173. The molecule has 0 aromatic heterocycles. The number of fused-ring (bicyclic) bond motifs is 1. The second-order valence-electron chi connectivity index (χ2n) is 2.45. The van der Waals surface area contributed by atoms with Gasteiger partial charge in [-0.1, -0.05) is 12.1 Å². The van der Waals surface area contributed by atoms with E-state index < -0.39 is 0 Å². The Morgan fingerprint density at radius 1 is 1.08 bits per heavy atom. The van der Waals surface area contributed by atoms with Crippen molar-refractivity contribution in [1.29, 1.82) is 0 Å². The number of para-hydroxylation sites is 2. The van der Waals surface area contributed by atoms with E-state index in [2.05, 4.69) is 10.6 Å². The maximum Gasteiger partial charge on any atom is 0.243 e. The van der Waals surface area contributed by atoms with Gasteiger partial charge in [0.1, 0.15) is 0 Å². The number of rotatable bonds is 0. The van der Waals surface area contributed by atoms with Crippen LogP contribution in [0.15, 0.2) is 24.3 Å². The van der Waals surface area contributed by atoms with Crippen molar-refractivity contribution in [3.05, 3.63) is 24.3 Å². The summed E-state index contributed by atoms with van der Waals surface area (Å²) >= 11 is 0. The van der Waals surface area contributed by atoms with E-state index >= 15 is 0 Å². The smallest absolute Gasteiger partial charge is 0.243 e. The van der Waals surface area contributed by atoms with Gasteiger partial charge in [-0.3, -0.25) is 4.79 Å². The van der Waals surface area contributed by atoms with E-state index in [0.29, 0.717) is 6.54 Å². The third kappa shape index (κ3) is 2.17. The van der Waals surface area contributed by atoms with E-state index in [-0.39, 0.29) is 16.9 Å². The third-order valence-electron chi connectivity index (χ3n) is 1.64. The van der Waals surface area contributed by atoms with E-state index in [1.165, 1.54) is 0 Å². The molecule has 1 aliphatic heterocycles. The van der Waals surface area contributed by atoms with Crippen LogP contribution in [0.5, 0.6) is 0 Å². The Morgan fingerprint density at radius 2 is 1.69 bits per heavy atom. The van der Waals surface area contributed by atoms with Crippen LogP contribution in [-0.4, -0.2) is 23.4 Å². The number of carbonyl (C=O) groups is 1. The van der Waals surface area contributed by atoms with Gasteiger partial charge in [-0.05, 0) is 12.1 Å². The summed E-state index contributed by atoms with van der Waals surface area (Å²) in [5.41, 5.74) is 1.86. The molecule has 1 amide bonds. The predicted molar refractivity (Wildman–Crippen MR) is 50.8 cm³/mol. The molecule has 0 aliphatic carbocycles. The molecule has 1 heterocycles. The Morgan fingerprint density at radius 3 is 2.38 bits per heavy atom. The van der Waals surface area contributed by atoms with Gasteiger partial charge in [-0.25, -0.2) is 0 Å².